The summed E-state index contributed by atoms with van der Waals surface area (Å²) in [5.41, 5.74) is 2.32. The molecule has 122 valence electrons. The quantitative estimate of drug-likeness (QED) is 0.293. The van der Waals surface area contributed by atoms with E-state index in [-0.39, 0.29) is 0 Å². The van der Waals surface area contributed by atoms with Crippen LogP contribution in [0.1, 0.15) is 0 Å². The first-order valence-electron chi connectivity index (χ1n) is 8.57. The summed E-state index contributed by atoms with van der Waals surface area (Å²) in [6.45, 7) is 0. The molecule has 0 aliphatic heterocycles. The molecule has 4 aromatic carbocycles. The van der Waals surface area contributed by atoms with Crippen molar-refractivity contribution in [2.75, 3.05) is 0 Å². The van der Waals surface area contributed by atoms with Crippen molar-refractivity contribution in [2.45, 2.75) is 0 Å². The standard InChI is InChI=1S/C23H13NS2/c1-2-8-15-14(7-1)13-17(23-24-18-10-4-6-12-20(18)26-23)21-16-9-3-5-11-19(16)25-22(15)21/h1-13H. The van der Waals surface area contributed by atoms with Crippen molar-refractivity contribution in [3.8, 4) is 10.6 Å². The number of rotatable bonds is 1. The molecule has 0 atom stereocenters. The first kappa shape index (κ1) is 14.4. The van der Waals surface area contributed by atoms with Gasteiger partial charge in [0, 0.05) is 25.7 Å². The predicted molar refractivity (Wildman–Crippen MR) is 115 cm³/mol. The average Bonchev–Trinajstić information content (AvgIpc) is 3.29. The molecule has 2 aromatic heterocycles. The van der Waals surface area contributed by atoms with Gasteiger partial charge >= 0.3 is 0 Å². The van der Waals surface area contributed by atoms with Crippen LogP contribution in [-0.4, -0.2) is 4.98 Å². The highest BCUT2D eigenvalue weighted by atomic mass is 32.1. The van der Waals surface area contributed by atoms with Gasteiger partial charge in [0.1, 0.15) is 5.01 Å². The van der Waals surface area contributed by atoms with Crippen molar-refractivity contribution in [3.63, 3.8) is 0 Å². The van der Waals surface area contributed by atoms with Gasteiger partial charge < -0.3 is 0 Å². The van der Waals surface area contributed by atoms with Gasteiger partial charge in [-0.25, -0.2) is 4.98 Å². The highest BCUT2D eigenvalue weighted by molar-refractivity contribution is 7.27. The van der Waals surface area contributed by atoms with Gasteiger partial charge in [0.25, 0.3) is 0 Å². The molecule has 0 spiro atoms. The van der Waals surface area contributed by atoms with Crippen LogP contribution in [-0.2, 0) is 0 Å². The van der Waals surface area contributed by atoms with E-state index in [1.54, 1.807) is 11.3 Å². The van der Waals surface area contributed by atoms with Crippen molar-refractivity contribution in [1.29, 1.82) is 0 Å². The average molecular weight is 367 g/mol. The molecule has 0 aliphatic rings. The van der Waals surface area contributed by atoms with Gasteiger partial charge in [-0.2, -0.15) is 0 Å². The van der Waals surface area contributed by atoms with E-state index in [0.29, 0.717) is 0 Å². The lowest BCUT2D eigenvalue weighted by Gasteiger charge is -2.05. The van der Waals surface area contributed by atoms with E-state index in [2.05, 4.69) is 78.9 Å². The SMILES string of the molecule is c1ccc2c(c1)cc(-c1nc3ccccc3s1)c1c3ccccc3sc21. The number of nitrogens with zero attached hydrogens (tertiary/aromatic N) is 1. The zero-order valence-corrected chi connectivity index (χ0v) is 15.4. The van der Waals surface area contributed by atoms with Crippen LogP contribution in [0.4, 0.5) is 0 Å². The van der Waals surface area contributed by atoms with Crippen molar-refractivity contribution < 1.29 is 0 Å². The summed E-state index contributed by atoms with van der Waals surface area (Å²) >= 11 is 3.66. The molecule has 0 saturated carbocycles. The van der Waals surface area contributed by atoms with Gasteiger partial charge in [-0.15, -0.1) is 22.7 Å². The second-order valence-corrected chi connectivity index (χ2v) is 8.52. The zero-order chi connectivity index (χ0) is 17.1. The second kappa shape index (κ2) is 5.37. The molecule has 0 radical (unpaired) electrons. The molecule has 0 saturated heterocycles. The molecule has 1 nitrogen and oxygen atoms in total. The highest BCUT2D eigenvalue weighted by Gasteiger charge is 2.16. The molecule has 0 fully saturated rings. The van der Waals surface area contributed by atoms with E-state index < -0.39 is 0 Å². The van der Waals surface area contributed by atoms with Gasteiger partial charge in [0.15, 0.2) is 0 Å². The molecule has 6 aromatic rings. The van der Waals surface area contributed by atoms with Crippen LogP contribution in [0.15, 0.2) is 78.9 Å². The maximum Gasteiger partial charge on any atom is 0.125 e. The molecule has 3 heteroatoms. The van der Waals surface area contributed by atoms with E-state index in [1.807, 2.05) is 11.3 Å². The van der Waals surface area contributed by atoms with Gasteiger partial charge in [-0.05, 0) is 35.0 Å². The molecular weight excluding hydrogens is 354 g/mol. The minimum atomic E-state index is 1.08. The van der Waals surface area contributed by atoms with Crippen LogP contribution in [0.25, 0.3) is 51.7 Å². The Labute approximate surface area is 158 Å². The Bertz CT molecular complexity index is 1410. The van der Waals surface area contributed by atoms with Crippen molar-refractivity contribution in [1.82, 2.24) is 4.98 Å². The number of fused-ring (bicyclic) bond motifs is 6. The smallest absolute Gasteiger partial charge is 0.125 e. The lowest BCUT2D eigenvalue weighted by molar-refractivity contribution is 1.49. The van der Waals surface area contributed by atoms with Gasteiger partial charge in [0.2, 0.25) is 0 Å². The first-order valence-corrected chi connectivity index (χ1v) is 10.2. The van der Waals surface area contributed by atoms with E-state index in [1.165, 1.54) is 41.2 Å². The molecule has 6 rings (SSSR count). The second-order valence-electron chi connectivity index (χ2n) is 6.43. The molecule has 26 heavy (non-hydrogen) atoms. The van der Waals surface area contributed by atoms with Crippen molar-refractivity contribution >= 4 is 63.8 Å². The monoisotopic (exact) mass is 367 g/mol. The number of hydrogen-bond acceptors (Lipinski definition) is 3. The number of para-hydroxylation sites is 1. The fourth-order valence-electron chi connectivity index (χ4n) is 3.72. The summed E-state index contributed by atoms with van der Waals surface area (Å²) in [5.74, 6) is 0. The highest BCUT2D eigenvalue weighted by Crippen LogP contribution is 2.45. The Morgan fingerprint density at radius 2 is 1.38 bits per heavy atom. The van der Waals surface area contributed by atoms with E-state index >= 15 is 0 Å². The maximum atomic E-state index is 4.95. The minimum Gasteiger partial charge on any atom is -0.236 e. The van der Waals surface area contributed by atoms with Crippen LogP contribution in [0, 0.1) is 0 Å². The summed E-state index contributed by atoms with van der Waals surface area (Å²) in [5, 5.41) is 6.37. The van der Waals surface area contributed by atoms with Gasteiger partial charge in [0.05, 0.1) is 10.2 Å². The first-order chi connectivity index (χ1) is 12.9. The lowest BCUT2D eigenvalue weighted by atomic mass is 10.0. The number of thiazole rings is 1. The van der Waals surface area contributed by atoms with E-state index in [0.717, 1.165) is 10.5 Å². The third-order valence-electron chi connectivity index (χ3n) is 4.89. The number of aromatic nitrogens is 1. The molecule has 0 aliphatic carbocycles. The molecular formula is C23H13NS2. The number of benzene rings is 4. The number of thiophene rings is 1. The summed E-state index contributed by atoms with van der Waals surface area (Å²) in [6, 6.07) is 28.1. The topological polar surface area (TPSA) is 12.9 Å². The zero-order valence-electron chi connectivity index (χ0n) is 13.8. The fraction of sp³-hybridized carbons (Fsp3) is 0. The van der Waals surface area contributed by atoms with Crippen molar-refractivity contribution in [2.24, 2.45) is 0 Å². The van der Waals surface area contributed by atoms with Gasteiger partial charge in [-0.3, -0.25) is 0 Å². The minimum absolute atomic E-state index is 1.08. The van der Waals surface area contributed by atoms with Crippen LogP contribution >= 0.6 is 22.7 Å². The molecule has 0 unspecified atom stereocenters. The summed E-state index contributed by atoms with van der Waals surface area (Å²) in [6.07, 6.45) is 0. The Morgan fingerprint density at radius 3 is 2.27 bits per heavy atom. The van der Waals surface area contributed by atoms with Crippen LogP contribution < -0.4 is 0 Å². The predicted octanol–water partition coefficient (Wildman–Crippen LogP) is 7.48. The Morgan fingerprint density at radius 1 is 0.654 bits per heavy atom. The maximum absolute atomic E-state index is 4.95. The lowest BCUT2D eigenvalue weighted by Crippen LogP contribution is -1.81. The van der Waals surface area contributed by atoms with Crippen LogP contribution in [0.3, 0.4) is 0 Å². The third kappa shape index (κ3) is 1.99. The van der Waals surface area contributed by atoms with Crippen molar-refractivity contribution in [3.05, 3.63) is 78.9 Å². The molecule has 0 bridgehead atoms. The molecule has 0 N–H and O–H groups in total. The van der Waals surface area contributed by atoms with Gasteiger partial charge in [-0.1, -0.05) is 54.6 Å². The summed E-state index contributed by atoms with van der Waals surface area (Å²) in [4.78, 5) is 4.95. The van der Waals surface area contributed by atoms with Crippen LogP contribution in [0.2, 0.25) is 0 Å². The fourth-order valence-corrected chi connectivity index (χ4v) is 5.97. The number of hydrogen-bond donors (Lipinski definition) is 0. The summed E-state index contributed by atoms with van der Waals surface area (Å²) < 4.78 is 3.93. The molecule has 0 amide bonds. The normalized spacial score (nSPS) is 11.8. The van der Waals surface area contributed by atoms with Crippen LogP contribution in [0.5, 0.6) is 0 Å². The summed E-state index contributed by atoms with van der Waals surface area (Å²) in [7, 11) is 0. The van der Waals surface area contributed by atoms with E-state index in [4.69, 9.17) is 4.98 Å². The Balaban J connectivity index is 1.83. The Hall–Kier alpha value is -2.75. The molecule has 2 heterocycles. The Kier molecular flexibility index (Phi) is 2.98. The van der Waals surface area contributed by atoms with E-state index in [9.17, 15) is 0 Å². The largest absolute Gasteiger partial charge is 0.236 e. The third-order valence-corrected chi connectivity index (χ3v) is 7.17.